The number of hydrogen-bond donors (Lipinski definition) is 1. The van der Waals surface area contributed by atoms with Crippen molar-refractivity contribution in [1.29, 1.82) is 0 Å². The third-order valence-electron chi connectivity index (χ3n) is 7.44. The molecule has 3 atom stereocenters. The minimum absolute atomic E-state index is 0.0199. The highest BCUT2D eigenvalue weighted by Gasteiger charge is 2.50. The number of carbonyl (C=O) groups is 3. The van der Waals surface area contributed by atoms with Crippen LogP contribution in [0.15, 0.2) is 22.8 Å². The van der Waals surface area contributed by atoms with E-state index in [1.807, 2.05) is 6.08 Å². The van der Waals surface area contributed by atoms with Crippen molar-refractivity contribution in [2.45, 2.75) is 86.2 Å². The van der Waals surface area contributed by atoms with Gasteiger partial charge in [0.2, 0.25) is 0 Å². The van der Waals surface area contributed by atoms with Gasteiger partial charge in [-0.05, 0) is 54.4 Å². The maximum Gasteiger partial charge on any atom is 0.303 e. The molecule has 0 amide bonds. The Morgan fingerprint density at radius 1 is 1.06 bits per heavy atom. The van der Waals surface area contributed by atoms with Crippen molar-refractivity contribution >= 4 is 17.9 Å². The van der Waals surface area contributed by atoms with Crippen LogP contribution in [0.4, 0.5) is 0 Å². The SMILES string of the molecule is CC(=O)OC/C(=C\CC1=C(CO)CC[C@H]2C(C)(C)CCC[C@]12C)[C@@H](COC(C)=O)OC(C)=O. The van der Waals surface area contributed by atoms with Gasteiger partial charge in [0.25, 0.3) is 0 Å². The molecular weight excluding hydrogens is 424 g/mol. The first-order valence-electron chi connectivity index (χ1n) is 11.9. The van der Waals surface area contributed by atoms with Crippen molar-refractivity contribution < 1.29 is 33.7 Å². The van der Waals surface area contributed by atoms with E-state index in [0.717, 1.165) is 31.3 Å². The van der Waals surface area contributed by atoms with E-state index in [4.69, 9.17) is 14.2 Å². The fourth-order valence-corrected chi connectivity index (χ4v) is 5.93. The van der Waals surface area contributed by atoms with Gasteiger partial charge in [0.15, 0.2) is 6.10 Å². The standard InChI is InChI=1S/C26H40O7/c1-17(28)31-15-21(23(33-19(3)30)16-32-18(2)29)8-10-22-20(14-27)9-11-24-25(4,5)12-7-13-26(22,24)6/h8,23-24,27H,7,9-16H2,1-6H3/b21-8+/t23-,24+,26-/m1/s1. The van der Waals surface area contributed by atoms with Gasteiger partial charge in [-0.25, -0.2) is 0 Å². The van der Waals surface area contributed by atoms with Crippen molar-refractivity contribution in [3.63, 3.8) is 0 Å². The first-order chi connectivity index (χ1) is 15.4. The molecule has 2 aliphatic rings. The normalized spacial score (nSPS) is 25.7. The molecule has 1 saturated carbocycles. The number of hydrogen-bond acceptors (Lipinski definition) is 7. The lowest BCUT2D eigenvalue weighted by molar-refractivity contribution is -0.154. The Labute approximate surface area is 197 Å². The number of aliphatic hydroxyl groups is 1. The van der Waals surface area contributed by atoms with Gasteiger partial charge in [0.1, 0.15) is 13.2 Å². The summed E-state index contributed by atoms with van der Waals surface area (Å²) in [6.45, 7) is 10.7. The van der Waals surface area contributed by atoms with Crippen LogP contribution in [0.3, 0.4) is 0 Å². The maximum atomic E-state index is 11.7. The van der Waals surface area contributed by atoms with Gasteiger partial charge in [0.05, 0.1) is 6.61 Å². The Kier molecular flexibility index (Phi) is 9.29. The van der Waals surface area contributed by atoms with Crippen molar-refractivity contribution in [1.82, 2.24) is 0 Å². The summed E-state index contributed by atoms with van der Waals surface area (Å²) in [5, 5.41) is 10.1. The van der Waals surface area contributed by atoms with Crippen molar-refractivity contribution in [3.05, 3.63) is 22.8 Å². The average molecular weight is 465 g/mol. The number of allylic oxidation sites excluding steroid dienone is 2. The summed E-state index contributed by atoms with van der Waals surface area (Å²) < 4.78 is 15.7. The molecule has 186 valence electrons. The molecule has 0 saturated heterocycles. The Morgan fingerprint density at radius 3 is 2.30 bits per heavy atom. The molecule has 0 aromatic heterocycles. The Hall–Kier alpha value is -2.15. The molecule has 33 heavy (non-hydrogen) atoms. The summed E-state index contributed by atoms with van der Waals surface area (Å²) in [5.41, 5.74) is 3.04. The molecule has 2 aliphatic carbocycles. The molecular formula is C26H40O7. The number of aliphatic hydroxyl groups excluding tert-OH is 1. The summed E-state index contributed by atoms with van der Waals surface area (Å²) in [6, 6.07) is 0. The lowest BCUT2D eigenvalue weighted by Crippen LogP contribution is -2.45. The predicted molar refractivity (Wildman–Crippen MR) is 124 cm³/mol. The van der Waals surface area contributed by atoms with E-state index in [0.29, 0.717) is 17.9 Å². The quantitative estimate of drug-likeness (QED) is 0.309. The Morgan fingerprint density at radius 2 is 1.73 bits per heavy atom. The van der Waals surface area contributed by atoms with Gasteiger partial charge in [-0.1, -0.05) is 38.8 Å². The lowest BCUT2D eigenvalue weighted by Gasteiger charge is -2.55. The Bertz CT molecular complexity index is 807. The monoisotopic (exact) mass is 464 g/mol. The molecule has 0 aliphatic heterocycles. The molecule has 0 spiro atoms. The van der Waals surface area contributed by atoms with Crippen LogP contribution in [-0.4, -0.2) is 48.9 Å². The summed E-state index contributed by atoms with van der Waals surface area (Å²) in [5.74, 6) is -0.949. The van der Waals surface area contributed by atoms with E-state index >= 15 is 0 Å². The zero-order chi connectivity index (χ0) is 24.8. The highest BCUT2D eigenvalue weighted by Crippen LogP contribution is 2.60. The van der Waals surface area contributed by atoms with Crippen molar-refractivity contribution in [2.24, 2.45) is 16.7 Å². The van der Waals surface area contributed by atoms with Crippen LogP contribution in [0.5, 0.6) is 0 Å². The van der Waals surface area contributed by atoms with E-state index in [-0.39, 0.29) is 30.7 Å². The van der Waals surface area contributed by atoms with Crippen LogP contribution in [0.1, 0.15) is 80.1 Å². The molecule has 0 radical (unpaired) electrons. The first-order valence-corrected chi connectivity index (χ1v) is 11.9. The molecule has 0 aromatic carbocycles. The van der Waals surface area contributed by atoms with Gasteiger partial charge in [-0.3, -0.25) is 14.4 Å². The molecule has 0 unspecified atom stereocenters. The molecule has 1 N–H and O–H groups in total. The summed E-state index contributed by atoms with van der Waals surface area (Å²) in [4.78, 5) is 34.6. The zero-order valence-electron chi connectivity index (χ0n) is 21.0. The zero-order valence-corrected chi connectivity index (χ0v) is 21.0. The smallest absolute Gasteiger partial charge is 0.303 e. The number of ether oxygens (including phenoxy) is 3. The third-order valence-corrected chi connectivity index (χ3v) is 7.44. The molecule has 1 fully saturated rings. The minimum Gasteiger partial charge on any atom is -0.462 e. The molecule has 0 aromatic rings. The molecule has 2 rings (SSSR count). The predicted octanol–water partition coefficient (Wildman–Crippen LogP) is 4.28. The second kappa shape index (κ2) is 11.3. The second-order valence-corrected chi connectivity index (χ2v) is 10.3. The van der Waals surface area contributed by atoms with Gasteiger partial charge in [-0.2, -0.15) is 0 Å². The highest BCUT2D eigenvalue weighted by atomic mass is 16.6. The van der Waals surface area contributed by atoms with E-state index in [9.17, 15) is 19.5 Å². The number of esters is 3. The second-order valence-electron chi connectivity index (χ2n) is 10.3. The number of rotatable bonds is 9. The maximum absolute atomic E-state index is 11.7. The van der Waals surface area contributed by atoms with Crippen LogP contribution < -0.4 is 0 Å². The number of carbonyl (C=O) groups excluding carboxylic acids is 3. The first kappa shape index (κ1) is 27.1. The summed E-state index contributed by atoms with van der Waals surface area (Å²) in [7, 11) is 0. The van der Waals surface area contributed by atoms with Crippen LogP contribution in [0.25, 0.3) is 0 Å². The van der Waals surface area contributed by atoms with Gasteiger partial charge < -0.3 is 19.3 Å². The topological polar surface area (TPSA) is 99.1 Å². The fraction of sp³-hybridized carbons (Fsp3) is 0.731. The van der Waals surface area contributed by atoms with Crippen LogP contribution in [-0.2, 0) is 28.6 Å². The van der Waals surface area contributed by atoms with E-state index in [1.54, 1.807) is 0 Å². The van der Waals surface area contributed by atoms with E-state index in [1.165, 1.54) is 32.8 Å². The van der Waals surface area contributed by atoms with E-state index < -0.39 is 24.0 Å². The van der Waals surface area contributed by atoms with Gasteiger partial charge >= 0.3 is 17.9 Å². The number of fused-ring (bicyclic) bond motifs is 1. The fourth-order valence-electron chi connectivity index (χ4n) is 5.93. The largest absolute Gasteiger partial charge is 0.462 e. The summed E-state index contributed by atoms with van der Waals surface area (Å²) >= 11 is 0. The Balaban J connectivity index is 2.42. The molecule has 7 heteroatoms. The molecule has 0 heterocycles. The van der Waals surface area contributed by atoms with Gasteiger partial charge in [0, 0.05) is 26.3 Å². The summed E-state index contributed by atoms with van der Waals surface area (Å²) in [6.07, 6.45) is 6.94. The van der Waals surface area contributed by atoms with Crippen LogP contribution in [0.2, 0.25) is 0 Å². The minimum atomic E-state index is -0.848. The molecule has 0 bridgehead atoms. The van der Waals surface area contributed by atoms with Crippen molar-refractivity contribution in [3.8, 4) is 0 Å². The highest BCUT2D eigenvalue weighted by molar-refractivity contribution is 5.68. The molecule has 7 nitrogen and oxygen atoms in total. The van der Waals surface area contributed by atoms with Gasteiger partial charge in [-0.15, -0.1) is 0 Å². The van der Waals surface area contributed by atoms with Crippen LogP contribution in [0, 0.1) is 16.7 Å². The van der Waals surface area contributed by atoms with Crippen molar-refractivity contribution in [2.75, 3.05) is 19.8 Å². The lowest BCUT2D eigenvalue weighted by atomic mass is 9.50. The third kappa shape index (κ3) is 6.92. The van der Waals surface area contributed by atoms with E-state index in [2.05, 4.69) is 20.8 Å². The van der Waals surface area contributed by atoms with Crippen LogP contribution >= 0.6 is 0 Å². The average Bonchev–Trinajstić information content (AvgIpc) is 2.70.